The van der Waals surface area contributed by atoms with E-state index < -0.39 is 18.6 Å². The van der Waals surface area contributed by atoms with Crippen LogP contribution in [-0.4, -0.2) is 36.1 Å². The summed E-state index contributed by atoms with van der Waals surface area (Å²) < 4.78 is 36.2. The van der Waals surface area contributed by atoms with E-state index in [2.05, 4.69) is 10.8 Å². The van der Waals surface area contributed by atoms with Gasteiger partial charge in [-0.2, -0.15) is 13.2 Å². The molecule has 0 radical (unpaired) electrons. The fourth-order valence-corrected chi connectivity index (χ4v) is 2.15. The molecule has 0 unspecified atom stereocenters. The molecule has 1 aromatic rings. The minimum absolute atomic E-state index is 0.211. The van der Waals surface area contributed by atoms with Gasteiger partial charge < -0.3 is 5.32 Å². The van der Waals surface area contributed by atoms with Gasteiger partial charge in [-0.15, -0.1) is 6.42 Å². The first-order chi connectivity index (χ1) is 10.4. The van der Waals surface area contributed by atoms with E-state index in [1.54, 1.807) is 12.1 Å². The predicted octanol–water partition coefficient (Wildman–Crippen LogP) is 2.58. The summed E-state index contributed by atoms with van der Waals surface area (Å²) in [5.41, 5.74) is 1.19. The summed E-state index contributed by atoms with van der Waals surface area (Å²) in [4.78, 5) is 13.8. The lowest BCUT2D eigenvalue weighted by Gasteiger charge is -2.19. The van der Waals surface area contributed by atoms with Crippen molar-refractivity contribution in [2.75, 3.05) is 13.1 Å². The van der Waals surface area contributed by atoms with Crippen LogP contribution in [0.5, 0.6) is 0 Å². The van der Waals surface area contributed by atoms with E-state index in [1.807, 2.05) is 5.32 Å². The van der Waals surface area contributed by atoms with Gasteiger partial charge in [0.25, 0.3) is 5.91 Å². The number of rotatable bonds is 6. The maximum absolute atomic E-state index is 12.1. The number of alkyl halides is 3. The lowest BCUT2D eigenvalue weighted by atomic mass is 10.1. The summed E-state index contributed by atoms with van der Waals surface area (Å²) in [5.74, 6) is 1.90. The van der Waals surface area contributed by atoms with Crippen molar-refractivity contribution in [2.24, 2.45) is 0 Å². The zero-order valence-corrected chi connectivity index (χ0v) is 12.0. The SMILES string of the molecule is C#CCN(Cc1ccc(C(=O)NCC(F)(F)F)cc1)C1CC1. The topological polar surface area (TPSA) is 32.3 Å². The second kappa shape index (κ2) is 6.84. The molecule has 0 atom stereocenters. The van der Waals surface area contributed by atoms with Crippen molar-refractivity contribution in [3.63, 3.8) is 0 Å². The van der Waals surface area contributed by atoms with Gasteiger partial charge in [-0.1, -0.05) is 18.1 Å². The van der Waals surface area contributed by atoms with Crippen LogP contribution in [0.3, 0.4) is 0 Å². The van der Waals surface area contributed by atoms with Crippen LogP contribution in [0.15, 0.2) is 24.3 Å². The van der Waals surface area contributed by atoms with Gasteiger partial charge in [0.05, 0.1) is 6.54 Å². The van der Waals surface area contributed by atoms with E-state index in [9.17, 15) is 18.0 Å². The molecule has 118 valence electrons. The Balaban J connectivity index is 1.92. The van der Waals surface area contributed by atoms with Crippen molar-refractivity contribution in [2.45, 2.75) is 31.6 Å². The van der Waals surface area contributed by atoms with Crippen molar-refractivity contribution in [3.05, 3.63) is 35.4 Å². The van der Waals surface area contributed by atoms with Gasteiger partial charge in [0, 0.05) is 18.2 Å². The molecule has 1 aliphatic carbocycles. The summed E-state index contributed by atoms with van der Waals surface area (Å²) in [6.45, 7) is -0.0803. The molecular weight excluding hydrogens is 293 g/mol. The Kier molecular flexibility index (Phi) is 5.09. The number of terminal acetylenes is 1. The molecule has 0 saturated heterocycles. The third kappa shape index (κ3) is 5.08. The Morgan fingerprint density at radius 3 is 2.45 bits per heavy atom. The zero-order chi connectivity index (χ0) is 16.2. The fourth-order valence-electron chi connectivity index (χ4n) is 2.15. The highest BCUT2D eigenvalue weighted by Crippen LogP contribution is 2.27. The lowest BCUT2D eigenvalue weighted by Crippen LogP contribution is -2.33. The standard InChI is InChI=1S/C16H17F3N2O/c1-2-9-21(14-7-8-14)10-12-3-5-13(6-4-12)15(22)20-11-16(17,18)19/h1,3-6,14H,7-11H2,(H,20,22). The van der Waals surface area contributed by atoms with Gasteiger partial charge in [0.1, 0.15) is 6.54 Å². The summed E-state index contributed by atoms with van der Waals surface area (Å²) in [5, 5.41) is 1.85. The van der Waals surface area contributed by atoms with Crippen LogP contribution in [-0.2, 0) is 6.54 Å². The zero-order valence-electron chi connectivity index (χ0n) is 12.0. The first-order valence-electron chi connectivity index (χ1n) is 7.00. The van der Waals surface area contributed by atoms with Crippen molar-refractivity contribution in [1.29, 1.82) is 0 Å². The molecule has 3 nitrogen and oxygen atoms in total. The molecule has 0 spiro atoms. The van der Waals surface area contributed by atoms with Crippen LogP contribution in [0.25, 0.3) is 0 Å². The number of nitrogens with zero attached hydrogens (tertiary/aromatic N) is 1. The number of benzene rings is 1. The summed E-state index contributed by atoms with van der Waals surface area (Å²) >= 11 is 0. The van der Waals surface area contributed by atoms with E-state index in [0.29, 0.717) is 19.1 Å². The minimum Gasteiger partial charge on any atom is -0.343 e. The Morgan fingerprint density at radius 1 is 1.32 bits per heavy atom. The average Bonchev–Trinajstić information content (AvgIpc) is 3.29. The van der Waals surface area contributed by atoms with Crippen molar-refractivity contribution >= 4 is 5.91 Å². The van der Waals surface area contributed by atoms with Gasteiger partial charge in [0.15, 0.2) is 0 Å². The normalized spacial score (nSPS) is 14.7. The van der Waals surface area contributed by atoms with Crippen LogP contribution in [0.4, 0.5) is 13.2 Å². The highest BCUT2D eigenvalue weighted by Gasteiger charge is 2.29. The number of carbonyl (C=O) groups is 1. The van der Waals surface area contributed by atoms with Gasteiger partial charge in [-0.05, 0) is 30.5 Å². The fraction of sp³-hybridized carbons (Fsp3) is 0.438. The van der Waals surface area contributed by atoms with E-state index >= 15 is 0 Å². The smallest absolute Gasteiger partial charge is 0.343 e. The first-order valence-corrected chi connectivity index (χ1v) is 7.00. The van der Waals surface area contributed by atoms with E-state index in [4.69, 9.17) is 6.42 Å². The Morgan fingerprint density at radius 2 is 1.95 bits per heavy atom. The number of hydrogen-bond acceptors (Lipinski definition) is 2. The number of nitrogens with one attached hydrogen (secondary N) is 1. The minimum atomic E-state index is -4.41. The molecule has 0 bridgehead atoms. The monoisotopic (exact) mass is 310 g/mol. The predicted molar refractivity (Wildman–Crippen MR) is 77.1 cm³/mol. The van der Waals surface area contributed by atoms with Crippen molar-refractivity contribution < 1.29 is 18.0 Å². The lowest BCUT2D eigenvalue weighted by molar-refractivity contribution is -0.123. The highest BCUT2D eigenvalue weighted by atomic mass is 19.4. The molecular formula is C16H17F3N2O. The van der Waals surface area contributed by atoms with Crippen LogP contribution >= 0.6 is 0 Å². The van der Waals surface area contributed by atoms with Crippen molar-refractivity contribution in [1.82, 2.24) is 10.2 Å². The van der Waals surface area contributed by atoms with Crippen LogP contribution in [0.2, 0.25) is 0 Å². The van der Waals surface area contributed by atoms with Crippen LogP contribution in [0, 0.1) is 12.3 Å². The van der Waals surface area contributed by atoms with Crippen LogP contribution in [0.1, 0.15) is 28.8 Å². The molecule has 1 amide bonds. The molecule has 1 fully saturated rings. The summed E-state index contributed by atoms with van der Waals surface area (Å²) in [7, 11) is 0. The third-order valence-corrected chi connectivity index (χ3v) is 3.41. The van der Waals surface area contributed by atoms with Crippen molar-refractivity contribution in [3.8, 4) is 12.3 Å². The number of halogens is 3. The van der Waals surface area contributed by atoms with Crippen LogP contribution < -0.4 is 5.32 Å². The molecule has 6 heteroatoms. The number of carbonyl (C=O) groups excluding carboxylic acids is 1. The number of amides is 1. The highest BCUT2D eigenvalue weighted by molar-refractivity contribution is 5.94. The maximum atomic E-state index is 12.1. The first kappa shape index (κ1) is 16.4. The Hall–Kier alpha value is -2.00. The van der Waals surface area contributed by atoms with E-state index in [1.165, 1.54) is 12.1 Å². The second-order valence-electron chi connectivity index (χ2n) is 5.34. The molecule has 2 rings (SSSR count). The summed E-state index contributed by atoms with van der Waals surface area (Å²) in [6, 6.07) is 7.07. The quantitative estimate of drug-likeness (QED) is 0.819. The average molecular weight is 310 g/mol. The van der Waals surface area contributed by atoms with Gasteiger partial charge in [-0.25, -0.2) is 0 Å². The molecule has 1 aliphatic rings. The Bertz CT molecular complexity index is 556. The largest absolute Gasteiger partial charge is 0.405 e. The molecule has 0 aromatic heterocycles. The molecule has 22 heavy (non-hydrogen) atoms. The maximum Gasteiger partial charge on any atom is 0.405 e. The third-order valence-electron chi connectivity index (χ3n) is 3.41. The molecule has 0 aliphatic heterocycles. The molecule has 0 heterocycles. The van der Waals surface area contributed by atoms with Gasteiger partial charge in [0.2, 0.25) is 0 Å². The molecule has 1 aromatic carbocycles. The number of hydrogen-bond donors (Lipinski definition) is 1. The second-order valence-corrected chi connectivity index (χ2v) is 5.34. The van der Waals surface area contributed by atoms with E-state index in [-0.39, 0.29) is 5.56 Å². The van der Waals surface area contributed by atoms with E-state index in [0.717, 1.165) is 18.4 Å². The van der Waals surface area contributed by atoms with Gasteiger partial charge >= 0.3 is 6.18 Å². The summed E-state index contributed by atoms with van der Waals surface area (Å²) in [6.07, 6.45) is 3.21. The Labute approximate surface area is 127 Å². The van der Waals surface area contributed by atoms with Gasteiger partial charge in [-0.3, -0.25) is 9.69 Å². The molecule has 1 saturated carbocycles. The molecule has 1 N–H and O–H groups in total.